The fourth-order valence-corrected chi connectivity index (χ4v) is 7.70. The predicted octanol–water partition coefficient (Wildman–Crippen LogP) is 11.8. The molecule has 1 aromatic heterocycles. The van der Waals surface area contributed by atoms with Crippen molar-refractivity contribution < 1.29 is 0 Å². The topological polar surface area (TPSA) is 49.6 Å². The molecule has 0 saturated heterocycles. The van der Waals surface area contributed by atoms with E-state index < -0.39 is 0 Å². The Morgan fingerprint density at radius 1 is 0.417 bits per heavy atom. The summed E-state index contributed by atoms with van der Waals surface area (Å²) < 4.78 is 0. The summed E-state index contributed by atoms with van der Waals surface area (Å²) in [5.41, 5.74) is 23.2. The van der Waals surface area contributed by atoms with Crippen molar-refractivity contribution in [3.63, 3.8) is 0 Å². The van der Waals surface area contributed by atoms with E-state index in [0.717, 1.165) is 44.9 Å². The molecule has 3 heteroatoms. The second-order valence-electron chi connectivity index (χ2n) is 13.8. The van der Waals surface area contributed by atoms with Gasteiger partial charge in [0, 0.05) is 16.7 Å². The molecule has 0 bridgehead atoms. The third kappa shape index (κ3) is 6.19. The van der Waals surface area contributed by atoms with Gasteiger partial charge in [0.1, 0.15) is 0 Å². The van der Waals surface area contributed by atoms with Gasteiger partial charge in [-0.15, -0.1) is 0 Å². The van der Waals surface area contributed by atoms with Crippen LogP contribution in [-0.2, 0) is 0 Å². The van der Waals surface area contributed by atoms with Crippen molar-refractivity contribution in [2.24, 2.45) is 0 Å². The summed E-state index contributed by atoms with van der Waals surface area (Å²) in [5, 5.41) is 9.58. The lowest BCUT2D eigenvalue weighted by atomic mass is 9.88. The minimum Gasteiger partial charge on any atom is -0.252 e. The van der Waals surface area contributed by atoms with Crippen LogP contribution >= 0.6 is 0 Å². The minimum absolute atomic E-state index is 0.654. The van der Waals surface area contributed by atoms with Crippen molar-refractivity contribution in [3.8, 4) is 62.1 Å². The second-order valence-corrected chi connectivity index (χ2v) is 13.8. The number of nitriles is 1. The van der Waals surface area contributed by atoms with Crippen molar-refractivity contribution in [1.82, 2.24) is 9.97 Å². The summed E-state index contributed by atoms with van der Waals surface area (Å²) in [6, 6.07) is 28.7. The van der Waals surface area contributed by atoms with Gasteiger partial charge in [-0.3, -0.25) is 4.98 Å². The van der Waals surface area contributed by atoms with Gasteiger partial charge in [0.25, 0.3) is 0 Å². The summed E-state index contributed by atoms with van der Waals surface area (Å²) in [7, 11) is 0. The van der Waals surface area contributed by atoms with Crippen LogP contribution < -0.4 is 0 Å². The van der Waals surface area contributed by atoms with Crippen molar-refractivity contribution in [2.75, 3.05) is 0 Å². The van der Waals surface area contributed by atoms with Gasteiger partial charge in [-0.2, -0.15) is 5.26 Å². The highest BCUT2D eigenvalue weighted by Crippen LogP contribution is 2.40. The fraction of sp³-hybridized carbons (Fsp3) is 0.222. The molecule has 0 N–H and O–H groups in total. The molecule has 0 amide bonds. The summed E-state index contributed by atoms with van der Waals surface area (Å²) in [6.07, 6.45) is 1.90. The first-order chi connectivity index (χ1) is 22.8. The van der Waals surface area contributed by atoms with E-state index >= 15 is 0 Å². The van der Waals surface area contributed by atoms with Crippen LogP contribution in [0.3, 0.4) is 0 Å². The smallest absolute Gasteiger partial charge is 0.0991 e. The normalized spacial score (nSPS) is 11.1. The van der Waals surface area contributed by atoms with E-state index in [1.165, 1.54) is 66.8 Å². The Bertz CT molecular complexity index is 2190. The Balaban J connectivity index is 1.58. The summed E-state index contributed by atoms with van der Waals surface area (Å²) in [4.78, 5) is 10.6. The largest absolute Gasteiger partial charge is 0.252 e. The molecular formula is C45H43N3. The van der Waals surface area contributed by atoms with E-state index in [2.05, 4.69) is 122 Å². The lowest BCUT2D eigenvalue weighted by Gasteiger charge is -2.19. The van der Waals surface area contributed by atoms with Crippen LogP contribution in [0.25, 0.3) is 56.0 Å². The van der Waals surface area contributed by atoms with Crippen molar-refractivity contribution in [3.05, 3.63) is 140 Å². The number of hydrogen-bond donors (Lipinski definition) is 0. The average molecular weight is 626 g/mol. The van der Waals surface area contributed by atoms with Gasteiger partial charge in [0.05, 0.1) is 34.9 Å². The van der Waals surface area contributed by atoms with Crippen LogP contribution in [0.1, 0.15) is 61.2 Å². The Hall–Kier alpha value is -5.33. The molecule has 0 spiro atoms. The summed E-state index contributed by atoms with van der Waals surface area (Å²) in [5.74, 6) is 0. The maximum absolute atomic E-state index is 9.58. The molecule has 238 valence electrons. The molecule has 5 aromatic carbocycles. The first-order valence-electron chi connectivity index (χ1n) is 16.6. The Morgan fingerprint density at radius 3 is 1.19 bits per heavy atom. The molecule has 0 atom stereocenters. The first-order valence-corrected chi connectivity index (χ1v) is 16.6. The van der Waals surface area contributed by atoms with E-state index in [-0.39, 0.29) is 0 Å². The quantitative estimate of drug-likeness (QED) is 0.191. The second kappa shape index (κ2) is 12.7. The number of aryl methyl sites for hydroxylation is 10. The van der Waals surface area contributed by atoms with Gasteiger partial charge in [-0.25, -0.2) is 4.98 Å². The van der Waals surface area contributed by atoms with Crippen LogP contribution in [0.5, 0.6) is 0 Å². The Labute approximate surface area is 286 Å². The lowest BCUT2D eigenvalue weighted by molar-refractivity contribution is 1.19. The van der Waals surface area contributed by atoms with Crippen LogP contribution in [0, 0.1) is 80.6 Å². The highest BCUT2D eigenvalue weighted by atomic mass is 14.8. The molecule has 0 aliphatic carbocycles. The zero-order chi connectivity index (χ0) is 34.4. The van der Waals surface area contributed by atoms with Crippen LogP contribution in [0.2, 0.25) is 0 Å². The van der Waals surface area contributed by atoms with Gasteiger partial charge >= 0.3 is 0 Å². The number of rotatable bonds is 5. The molecule has 1 heterocycles. The molecule has 0 aliphatic heterocycles. The van der Waals surface area contributed by atoms with Crippen molar-refractivity contribution >= 4 is 0 Å². The summed E-state index contributed by atoms with van der Waals surface area (Å²) >= 11 is 0. The van der Waals surface area contributed by atoms with E-state index in [4.69, 9.17) is 9.97 Å². The first kappa shape index (κ1) is 32.6. The van der Waals surface area contributed by atoms with Crippen LogP contribution in [0.15, 0.2) is 79.0 Å². The molecule has 0 fully saturated rings. The van der Waals surface area contributed by atoms with Gasteiger partial charge in [-0.05, 0) is 161 Å². The maximum atomic E-state index is 9.58. The van der Waals surface area contributed by atoms with Gasteiger partial charge in [0.15, 0.2) is 0 Å². The lowest BCUT2D eigenvalue weighted by Crippen LogP contribution is -2.01. The third-order valence-electron chi connectivity index (χ3n) is 9.32. The van der Waals surface area contributed by atoms with Crippen LogP contribution in [-0.4, -0.2) is 9.97 Å². The molecule has 3 nitrogen and oxygen atoms in total. The molecule has 0 saturated carbocycles. The van der Waals surface area contributed by atoms with Gasteiger partial charge < -0.3 is 0 Å². The van der Waals surface area contributed by atoms with E-state index in [1.54, 1.807) is 0 Å². The Kier molecular flexibility index (Phi) is 8.63. The molecule has 0 unspecified atom stereocenters. The number of hydrogen-bond acceptors (Lipinski definition) is 3. The predicted molar refractivity (Wildman–Crippen MR) is 201 cm³/mol. The summed E-state index contributed by atoms with van der Waals surface area (Å²) in [6.45, 7) is 21.5. The standard InChI is InChI=1S/C45H43N3/c1-25-11-26(2)14-36(13-25)41-31(7)19-38(20-32(41)8)44-45(48-40(24-47-44)43-29(5)17-35(23-46)18-30(43)6)39-21-33(9)42(34(10)22-39)37-15-27(3)12-28(4)16-37/h11-22,24H,1-10H3. The fourth-order valence-electron chi connectivity index (χ4n) is 7.70. The minimum atomic E-state index is 0.654. The van der Waals surface area contributed by atoms with E-state index in [1.807, 2.05) is 32.2 Å². The number of nitrogens with zero attached hydrogens (tertiary/aromatic N) is 3. The molecule has 48 heavy (non-hydrogen) atoms. The van der Waals surface area contributed by atoms with E-state index in [9.17, 15) is 5.26 Å². The van der Waals surface area contributed by atoms with Crippen molar-refractivity contribution in [1.29, 1.82) is 5.26 Å². The van der Waals surface area contributed by atoms with E-state index in [0.29, 0.717) is 5.56 Å². The molecule has 6 aromatic rings. The monoisotopic (exact) mass is 625 g/mol. The zero-order valence-corrected chi connectivity index (χ0v) is 29.8. The number of aromatic nitrogens is 2. The van der Waals surface area contributed by atoms with Crippen molar-refractivity contribution in [2.45, 2.75) is 69.2 Å². The zero-order valence-electron chi connectivity index (χ0n) is 29.8. The maximum Gasteiger partial charge on any atom is 0.0991 e. The third-order valence-corrected chi connectivity index (χ3v) is 9.32. The highest BCUT2D eigenvalue weighted by molar-refractivity contribution is 5.86. The average Bonchev–Trinajstić information content (AvgIpc) is 2.99. The highest BCUT2D eigenvalue weighted by Gasteiger charge is 2.20. The molecule has 6 rings (SSSR count). The Morgan fingerprint density at radius 2 is 0.792 bits per heavy atom. The molecule has 0 aliphatic rings. The molecular weight excluding hydrogens is 583 g/mol. The SMILES string of the molecule is Cc1cc(C)cc(-c2c(C)cc(-c3ncc(-c4c(C)cc(C#N)cc4C)nc3-c3cc(C)c(-c4cc(C)cc(C)c4)c(C)c3)cc2C)c1. The van der Waals surface area contributed by atoms with Gasteiger partial charge in [-0.1, -0.05) is 58.7 Å². The van der Waals surface area contributed by atoms with Crippen LogP contribution in [0.4, 0.5) is 0 Å². The molecule has 0 radical (unpaired) electrons. The number of benzene rings is 5. The van der Waals surface area contributed by atoms with Gasteiger partial charge in [0.2, 0.25) is 0 Å².